The largest absolute Gasteiger partial charge is 0.377 e. The maximum Gasteiger partial charge on any atom is 0.237 e. The molecular formula is C15H27N3O3. The van der Waals surface area contributed by atoms with Gasteiger partial charge in [-0.15, -0.1) is 0 Å². The second-order valence-electron chi connectivity index (χ2n) is 6.76. The number of rotatable bonds is 6. The number of hydrogen-bond donors (Lipinski definition) is 2. The number of carbonyl (C=O) groups excluding carboxylic acids is 1. The van der Waals surface area contributed by atoms with Gasteiger partial charge in [-0.2, -0.15) is 0 Å². The summed E-state index contributed by atoms with van der Waals surface area (Å²) in [4.78, 5) is 14.4. The summed E-state index contributed by atoms with van der Waals surface area (Å²) in [5.74, 6) is -0.192. The fraction of sp³-hybridized carbons (Fsp3) is 0.933. The lowest BCUT2D eigenvalue weighted by molar-refractivity contribution is -0.124. The minimum atomic E-state index is -0.500. The van der Waals surface area contributed by atoms with Crippen molar-refractivity contribution in [1.82, 2.24) is 10.2 Å². The molecule has 2 aliphatic carbocycles. The Balaban J connectivity index is 1.64. The van der Waals surface area contributed by atoms with Crippen molar-refractivity contribution >= 4 is 5.91 Å². The number of amides is 1. The van der Waals surface area contributed by atoms with Gasteiger partial charge in [0.05, 0.1) is 17.7 Å². The standard InChI is InChI=1S/C15H27N3O3/c1-20-12-8-18(9-13(12)21-2)11-5-6-15(7-11,14(16)19)17-10-3-4-10/h10-13,17H,3-9H2,1-2H3,(H2,16,19). The van der Waals surface area contributed by atoms with E-state index in [1.165, 1.54) is 12.8 Å². The van der Waals surface area contributed by atoms with Crippen molar-refractivity contribution < 1.29 is 14.3 Å². The molecule has 3 N–H and O–H groups in total. The molecule has 1 amide bonds. The first-order valence-corrected chi connectivity index (χ1v) is 7.95. The van der Waals surface area contributed by atoms with Crippen molar-refractivity contribution in [2.45, 2.75) is 61.9 Å². The summed E-state index contributed by atoms with van der Waals surface area (Å²) < 4.78 is 11.0. The van der Waals surface area contributed by atoms with Crippen LogP contribution in [0.5, 0.6) is 0 Å². The lowest BCUT2D eigenvalue weighted by atomic mass is 9.96. The first kappa shape index (κ1) is 15.2. The van der Waals surface area contributed by atoms with Crippen LogP contribution in [-0.4, -0.2) is 67.9 Å². The van der Waals surface area contributed by atoms with Crippen molar-refractivity contribution in [3.63, 3.8) is 0 Å². The molecule has 6 heteroatoms. The molecule has 4 unspecified atom stereocenters. The Kier molecular flexibility index (Phi) is 4.23. The zero-order valence-corrected chi connectivity index (χ0v) is 13.0. The van der Waals surface area contributed by atoms with E-state index < -0.39 is 5.54 Å². The lowest BCUT2D eigenvalue weighted by Gasteiger charge is -2.29. The van der Waals surface area contributed by atoms with Crippen LogP contribution in [0.1, 0.15) is 32.1 Å². The van der Waals surface area contributed by atoms with Gasteiger partial charge in [-0.1, -0.05) is 0 Å². The molecule has 2 saturated carbocycles. The molecule has 0 aromatic heterocycles. The molecule has 0 aromatic carbocycles. The van der Waals surface area contributed by atoms with Crippen LogP contribution in [0.3, 0.4) is 0 Å². The van der Waals surface area contributed by atoms with Crippen LogP contribution in [0, 0.1) is 0 Å². The molecule has 3 fully saturated rings. The topological polar surface area (TPSA) is 76.8 Å². The quantitative estimate of drug-likeness (QED) is 0.714. The van der Waals surface area contributed by atoms with E-state index >= 15 is 0 Å². The summed E-state index contributed by atoms with van der Waals surface area (Å²) in [6, 6.07) is 0.884. The number of hydrogen-bond acceptors (Lipinski definition) is 5. The van der Waals surface area contributed by atoms with Gasteiger partial charge in [0.2, 0.25) is 5.91 Å². The van der Waals surface area contributed by atoms with Gasteiger partial charge < -0.3 is 20.5 Å². The highest BCUT2D eigenvalue weighted by molar-refractivity contribution is 5.85. The zero-order chi connectivity index (χ0) is 15.0. The van der Waals surface area contributed by atoms with Gasteiger partial charge in [0.25, 0.3) is 0 Å². The Morgan fingerprint density at radius 1 is 1.19 bits per heavy atom. The normalized spacial score (nSPS) is 40.8. The van der Waals surface area contributed by atoms with Crippen molar-refractivity contribution in [1.29, 1.82) is 0 Å². The molecule has 1 saturated heterocycles. The first-order chi connectivity index (χ1) is 10.1. The van der Waals surface area contributed by atoms with Crippen LogP contribution in [-0.2, 0) is 14.3 Å². The third-order valence-electron chi connectivity index (χ3n) is 5.38. The molecule has 0 aromatic rings. The van der Waals surface area contributed by atoms with Crippen molar-refractivity contribution in [3.05, 3.63) is 0 Å². The molecular weight excluding hydrogens is 270 g/mol. The Bertz CT molecular complexity index is 390. The summed E-state index contributed by atoms with van der Waals surface area (Å²) in [6.45, 7) is 1.75. The van der Waals surface area contributed by atoms with E-state index in [4.69, 9.17) is 15.2 Å². The molecule has 6 nitrogen and oxygen atoms in total. The van der Waals surface area contributed by atoms with E-state index in [1.54, 1.807) is 14.2 Å². The number of nitrogens with two attached hydrogens (primary N) is 1. The predicted molar refractivity (Wildman–Crippen MR) is 78.9 cm³/mol. The lowest BCUT2D eigenvalue weighted by Crippen LogP contribution is -2.55. The van der Waals surface area contributed by atoms with Gasteiger partial charge in [-0.3, -0.25) is 9.69 Å². The number of carbonyl (C=O) groups is 1. The Labute approximate surface area is 126 Å². The first-order valence-electron chi connectivity index (χ1n) is 7.95. The zero-order valence-electron chi connectivity index (χ0n) is 13.0. The molecule has 3 rings (SSSR count). The van der Waals surface area contributed by atoms with Gasteiger partial charge in [0.1, 0.15) is 0 Å². The molecule has 21 heavy (non-hydrogen) atoms. The highest BCUT2D eigenvalue weighted by Crippen LogP contribution is 2.37. The van der Waals surface area contributed by atoms with Crippen molar-refractivity contribution in [3.8, 4) is 0 Å². The maximum absolute atomic E-state index is 12.0. The molecule has 0 radical (unpaired) electrons. The van der Waals surface area contributed by atoms with Crippen LogP contribution < -0.4 is 11.1 Å². The fourth-order valence-electron chi connectivity index (χ4n) is 3.90. The minimum absolute atomic E-state index is 0.120. The van der Waals surface area contributed by atoms with Gasteiger partial charge in [-0.05, 0) is 32.1 Å². The van der Waals surface area contributed by atoms with Crippen LogP contribution in [0.25, 0.3) is 0 Å². The average Bonchev–Trinajstić information content (AvgIpc) is 3.02. The fourth-order valence-corrected chi connectivity index (χ4v) is 3.90. The molecule has 4 atom stereocenters. The van der Waals surface area contributed by atoms with E-state index in [9.17, 15) is 4.79 Å². The van der Waals surface area contributed by atoms with Gasteiger partial charge in [0.15, 0.2) is 0 Å². The predicted octanol–water partition coefficient (Wildman–Crippen LogP) is -0.139. The monoisotopic (exact) mass is 297 g/mol. The van der Waals surface area contributed by atoms with Gasteiger partial charge in [-0.25, -0.2) is 0 Å². The molecule has 1 aliphatic heterocycles. The highest BCUT2D eigenvalue weighted by atomic mass is 16.5. The van der Waals surface area contributed by atoms with Gasteiger partial charge >= 0.3 is 0 Å². The van der Waals surface area contributed by atoms with E-state index in [-0.39, 0.29) is 18.1 Å². The smallest absolute Gasteiger partial charge is 0.237 e. The SMILES string of the molecule is COC1CN(C2CCC(NC3CC3)(C(N)=O)C2)CC1OC. The summed E-state index contributed by atoms with van der Waals surface area (Å²) in [7, 11) is 3.47. The highest BCUT2D eigenvalue weighted by Gasteiger charge is 2.49. The number of nitrogens with one attached hydrogen (secondary N) is 1. The maximum atomic E-state index is 12.0. The van der Waals surface area contributed by atoms with Gasteiger partial charge in [0, 0.05) is 39.4 Å². The molecule has 120 valence electrons. The number of likely N-dealkylation sites (tertiary alicyclic amines) is 1. The number of primary amides is 1. The number of methoxy groups -OCH3 is 2. The molecule has 0 bridgehead atoms. The van der Waals surface area contributed by atoms with Crippen LogP contribution >= 0.6 is 0 Å². The van der Waals surface area contributed by atoms with Crippen molar-refractivity contribution in [2.75, 3.05) is 27.3 Å². The summed E-state index contributed by atoms with van der Waals surface area (Å²) in [6.07, 6.45) is 5.24. The second-order valence-corrected chi connectivity index (χ2v) is 6.76. The molecule has 1 heterocycles. The average molecular weight is 297 g/mol. The minimum Gasteiger partial charge on any atom is -0.377 e. The van der Waals surface area contributed by atoms with E-state index in [2.05, 4.69) is 10.2 Å². The second kappa shape index (κ2) is 5.83. The van der Waals surface area contributed by atoms with Crippen LogP contribution in [0.15, 0.2) is 0 Å². The van der Waals surface area contributed by atoms with Crippen LogP contribution in [0.2, 0.25) is 0 Å². The number of ether oxygens (including phenoxy) is 2. The Morgan fingerprint density at radius 2 is 1.81 bits per heavy atom. The summed E-state index contributed by atoms with van der Waals surface area (Å²) in [5, 5.41) is 3.51. The molecule has 0 spiro atoms. The Hall–Kier alpha value is -0.690. The summed E-state index contributed by atoms with van der Waals surface area (Å²) in [5.41, 5.74) is 5.21. The van der Waals surface area contributed by atoms with Crippen LogP contribution in [0.4, 0.5) is 0 Å². The molecule has 3 aliphatic rings. The third kappa shape index (κ3) is 2.95. The Morgan fingerprint density at radius 3 is 2.29 bits per heavy atom. The number of nitrogens with zero attached hydrogens (tertiary/aromatic N) is 1. The third-order valence-corrected chi connectivity index (χ3v) is 5.38. The van der Waals surface area contributed by atoms with Crippen molar-refractivity contribution in [2.24, 2.45) is 5.73 Å². The van der Waals surface area contributed by atoms with E-state index in [1.807, 2.05) is 0 Å². The van der Waals surface area contributed by atoms with E-state index in [0.717, 1.165) is 32.4 Å². The van der Waals surface area contributed by atoms with E-state index in [0.29, 0.717) is 12.1 Å². The summed E-state index contributed by atoms with van der Waals surface area (Å²) >= 11 is 0.